The second-order valence-corrected chi connectivity index (χ2v) is 5.61. The number of hydrogen-bond acceptors (Lipinski definition) is 6. The van der Waals surface area contributed by atoms with Gasteiger partial charge in [0.1, 0.15) is 0 Å². The van der Waals surface area contributed by atoms with E-state index in [2.05, 4.69) is 15.5 Å². The van der Waals surface area contributed by atoms with E-state index < -0.39 is 5.97 Å². The number of ether oxygens (including phenoxy) is 2. The van der Waals surface area contributed by atoms with Crippen LogP contribution < -0.4 is 14.9 Å². The van der Waals surface area contributed by atoms with Crippen LogP contribution in [0.25, 0.3) is 0 Å². The Balaban J connectivity index is 1.67. The third kappa shape index (κ3) is 4.79. The van der Waals surface area contributed by atoms with Crippen LogP contribution in [0.5, 0.6) is 11.5 Å². The first-order valence-electron chi connectivity index (χ1n) is 8.36. The summed E-state index contributed by atoms with van der Waals surface area (Å²) in [6, 6.07) is 16.9. The zero-order chi connectivity index (χ0) is 19.8. The summed E-state index contributed by atoms with van der Waals surface area (Å²) < 4.78 is 10.6. The molecule has 0 spiro atoms. The van der Waals surface area contributed by atoms with Gasteiger partial charge in [0.25, 0.3) is 5.91 Å². The molecule has 1 aromatic heterocycles. The molecule has 2 aromatic carbocycles. The van der Waals surface area contributed by atoms with Gasteiger partial charge >= 0.3 is 5.97 Å². The maximum Gasteiger partial charge on any atom is 0.345 e. The molecule has 1 heterocycles. The van der Waals surface area contributed by atoms with Crippen molar-refractivity contribution in [1.29, 1.82) is 0 Å². The zero-order valence-corrected chi connectivity index (χ0v) is 15.0. The number of rotatable bonds is 6. The van der Waals surface area contributed by atoms with Crippen LogP contribution in [0.2, 0.25) is 0 Å². The minimum absolute atomic E-state index is 0.266. The van der Waals surface area contributed by atoms with Crippen LogP contribution in [0.15, 0.2) is 78.2 Å². The van der Waals surface area contributed by atoms with Crippen LogP contribution in [-0.4, -0.2) is 30.2 Å². The van der Waals surface area contributed by atoms with Crippen molar-refractivity contribution in [1.82, 2.24) is 10.4 Å². The molecule has 0 radical (unpaired) electrons. The molecule has 0 fully saturated rings. The van der Waals surface area contributed by atoms with Gasteiger partial charge in [-0.3, -0.25) is 9.78 Å². The van der Waals surface area contributed by atoms with E-state index in [1.807, 2.05) is 6.07 Å². The van der Waals surface area contributed by atoms with E-state index >= 15 is 0 Å². The molecule has 0 aliphatic carbocycles. The SMILES string of the molecule is COc1cc(C=NNC(=O)c2ccccc2)ccc1OC(=O)c1cccnc1. The Labute approximate surface area is 161 Å². The topological polar surface area (TPSA) is 89.9 Å². The molecule has 7 heteroatoms. The quantitative estimate of drug-likeness (QED) is 0.309. The third-order valence-electron chi connectivity index (χ3n) is 3.70. The van der Waals surface area contributed by atoms with E-state index in [0.29, 0.717) is 22.4 Å². The Hall–Kier alpha value is -4.00. The standard InChI is InChI=1S/C21H17N3O4/c1-27-19-12-15(13-23-24-20(25)16-6-3-2-4-7-16)9-10-18(19)28-21(26)17-8-5-11-22-14-17/h2-14H,1H3,(H,24,25). The summed E-state index contributed by atoms with van der Waals surface area (Å²) >= 11 is 0. The van der Waals surface area contributed by atoms with Crippen LogP contribution in [0.3, 0.4) is 0 Å². The highest BCUT2D eigenvalue weighted by atomic mass is 16.6. The number of pyridine rings is 1. The number of carbonyl (C=O) groups excluding carboxylic acids is 2. The minimum atomic E-state index is -0.539. The van der Waals surface area contributed by atoms with Crippen molar-refractivity contribution in [2.24, 2.45) is 5.10 Å². The molecule has 1 amide bonds. The molecular weight excluding hydrogens is 358 g/mol. The average molecular weight is 375 g/mol. The summed E-state index contributed by atoms with van der Waals surface area (Å²) in [5.41, 5.74) is 3.95. The van der Waals surface area contributed by atoms with Crippen LogP contribution in [-0.2, 0) is 0 Å². The molecule has 3 aromatic rings. The normalized spacial score (nSPS) is 10.5. The van der Waals surface area contributed by atoms with Crippen LogP contribution in [0, 0.1) is 0 Å². The highest BCUT2D eigenvalue weighted by Gasteiger charge is 2.12. The van der Waals surface area contributed by atoms with E-state index in [4.69, 9.17) is 9.47 Å². The van der Waals surface area contributed by atoms with E-state index in [1.54, 1.807) is 60.8 Å². The van der Waals surface area contributed by atoms with Gasteiger partial charge in [0.15, 0.2) is 11.5 Å². The first-order valence-corrected chi connectivity index (χ1v) is 8.36. The molecule has 0 bridgehead atoms. The highest BCUT2D eigenvalue weighted by molar-refractivity contribution is 5.95. The van der Waals surface area contributed by atoms with Crippen molar-refractivity contribution in [2.75, 3.05) is 7.11 Å². The van der Waals surface area contributed by atoms with Gasteiger partial charge in [0.2, 0.25) is 0 Å². The van der Waals surface area contributed by atoms with Crippen molar-refractivity contribution in [2.45, 2.75) is 0 Å². The first kappa shape index (κ1) is 18.8. The average Bonchev–Trinajstić information content (AvgIpc) is 2.75. The van der Waals surface area contributed by atoms with Crippen LogP contribution >= 0.6 is 0 Å². The maximum atomic E-state index is 12.2. The van der Waals surface area contributed by atoms with Crippen molar-refractivity contribution in [3.05, 3.63) is 89.7 Å². The van der Waals surface area contributed by atoms with E-state index in [-0.39, 0.29) is 11.7 Å². The molecule has 7 nitrogen and oxygen atoms in total. The van der Waals surface area contributed by atoms with Gasteiger partial charge in [0.05, 0.1) is 18.9 Å². The van der Waals surface area contributed by atoms with Crippen molar-refractivity contribution < 1.29 is 19.1 Å². The van der Waals surface area contributed by atoms with Crippen LogP contribution in [0.1, 0.15) is 26.3 Å². The van der Waals surface area contributed by atoms with Gasteiger partial charge in [-0.2, -0.15) is 5.10 Å². The van der Waals surface area contributed by atoms with Gasteiger partial charge in [-0.05, 0) is 48.0 Å². The molecule has 0 saturated carbocycles. The summed E-state index contributed by atoms with van der Waals surface area (Å²) in [7, 11) is 1.47. The lowest BCUT2D eigenvalue weighted by Crippen LogP contribution is -2.17. The number of benzene rings is 2. The Morgan fingerprint density at radius 2 is 1.79 bits per heavy atom. The molecule has 0 atom stereocenters. The molecule has 140 valence electrons. The Morgan fingerprint density at radius 1 is 1.00 bits per heavy atom. The van der Waals surface area contributed by atoms with Gasteiger partial charge in [-0.25, -0.2) is 10.2 Å². The molecule has 0 aliphatic heterocycles. The molecule has 3 rings (SSSR count). The predicted molar refractivity (Wildman–Crippen MR) is 104 cm³/mol. The number of amides is 1. The fourth-order valence-electron chi connectivity index (χ4n) is 2.31. The summed E-state index contributed by atoms with van der Waals surface area (Å²) in [4.78, 5) is 28.0. The first-order chi connectivity index (χ1) is 13.7. The molecule has 0 aliphatic rings. The number of carbonyl (C=O) groups is 2. The number of nitrogens with zero attached hydrogens (tertiary/aromatic N) is 2. The second kappa shape index (κ2) is 9.09. The number of nitrogens with one attached hydrogen (secondary N) is 1. The van der Waals surface area contributed by atoms with Crippen molar-refractivity contribution in [3.63, 3.8) is 0 Å². The largest absolute Gasteiger partial charge is 0.493 e. The number of hydrazone groups is 1. The lowest BCUT2D eigenvalue weighted by atomic mass is 10.2. The fraction of sp³-hybridized carbons (Fsp3) is 0.0476. The summed E-state index contributed by atoms with van der Waals surface area (Å²) in [5.74, 6) is -0.230. The Kier molecular flexibility index (Phi) is 6.10. The smallest absolute Gasteiger partial charge is 0.345 e. The highest BCUT2D eigenvalue weighted by Crippen LogP contribution is 2.28. The molecule has 0 unspecified atom stereocenters. The number of aromatic nitrogens is 1. The predicted octanol–water partition coefficient (Wildman–Crippen LogP) is 3.07. The van der Waals surface area contributed by atoms with Gasteiger partial charge in [-0.1, -0.05) is 18.2 Å². The lowest BCUT2D eigenvalue weighted by molar-refractivity contribution is 0.0729. The molecular formula is C21H17N3O4. The lowest BCUT2D eigenvalue weighted by Gasteiger charge is -2.09. The molecule has 0 saturated heterocycles. The summed E-state index contributed by atoms with van der Waals surface area (Å²) in [6.45, 7) is 0. The third-order valence-corrected chi connectivity index (χ3v) is 3.70. The van der Waals surface area contributed by atoms with Crippen molar-refractivity contribution >= 4 is 18.1 Å². The van der Waals surface area contributed by atoms with Gasteiger partial charge in [-0.15, -0.1) is 0 Å². The number of hydrogen-bond donors (Lipinski definition) is 1. The summed E-state index contributed by atoms with van der Waals surface area (Å²) in [5, 5.41) is 3.94. The fourth-order valence-corrected chi connectivity index (χ4v) is 2.31. The minimum Gasteiger partial charge on any atom is -0.493 e. The van der Waals surface area contributed by atoms with Crippen LogP contribution in [0.4, 0.5) is 0 Å². The Bertz CT molecular complexity index is 989. The zero-order valence-electron chi connectivity index (χ0n) is 15.0. The summed E-state index contributed by atoms with van der Waals surface area (Å²) in [6.07, 6.45) is 4.46. The molecule has 28 heavy (non-hydrogen) atoms. The van der Waals surface area contributed by atoms with Gasteiger partial charge < -0.3 is 9.47 Å². The molecule has 1 N–H and O–H groups in total. The maximum absolute atomic E-state index is 12.2. The second-order valence-electron chi connectivity index (χ2n) is 5.61. The van der Waals surface area contributed by atoms with E-state index in [1.165, 1.54) is 19.5 Å². The van der Waals surface area contributed by atoms with E-state index in [9.17, 15) is 9.59 Å². The van der Waals surface area contributed by atoms with E-state index in [0.717, 1.165) is 0 Å². The van der Waals surface area contributed by atoms with Gasteiger partial charge in [0, 0.05) is 18.0 Å². The monoisotopic (exact) mass is 375 g/mol. The number of esters is 1. The Morgan fingerprint density at radius 3 is 2.50 bits per heavy atom. The van der Waals surface area contributed by atoms with Crippen molar-refractivity contribution in [3.8, 4) is 11.5 Å². The number of methoxy groups -OCH3 is 1.